The Bertz CT molecular complexity index is 618. The lowest BCUT2D eigenvalue weighted by atomic mass is 9.83. The Morgan fingerprint density at radius 2 is 1.68 bits per heavy atom. The molecule has 0 spiro atoms. The number of carbonyl (C=O) groups is 1. The predicted octanol–water partition coefficient (Wildman–Crippen LogP) is 3.09. The molecule has 22 heavy (non-hydrogen) atoms. The number of hydrogen-bond acceptors (Lipinski definition) is 2. The van der Waals surface area contributed by atoms with Crippen molar-refractivity contribution in [3.05, 3.63) is 71.3 Å². The van der Waals surface area contributed by atoms with Crippen LogP contribution < -0.4 is 11.1 Å². The van der Waals surface area contributed by atoms with E-state index in [1.165, 1.54) is 5.56 Å². The van der Waals surface area contributed by atoms with Crippen molar-refractivity contribution in [3.8, 4) is 0 Å². The van der Waals surface area contributed by atoms with Gasteiger partial charge < -0.3 is 11.1 Å². The van der Waals surface area contributed by atoms with Crippen molar-refractivity contribution >= 4 is 5.91 Å². The van der Waals surface area contributed by atoms with Crippen LogP contribution in [0.15, 0.2) is 54.6 Å². The maximum atomic E-state index is 12.5. The third kappa shape index (κ3) is 3.74. The van der Waals surface area contributed by atoms with E-state index in [0.29, 0.717) is 6.54 Å². The van der Waals surface area contributed by atoms with Crippen LogP contribution in [0, 0.1) is 6.92 Å². The van der Waals surface area contributed by atoms with E-state index >= 15 is 0 Å². The topological polar surface area (TPSA) is 55.1 Å². The predicted molar refractivity (Wildman–Crippen MR) is 90.6 cm³/mol. The highest BCUT2D eigenvalue weighted by Gasteiger charge is 2.29. The zero-order valence-corrected chi connectivity index (χ0v) is 13.5. The standard InChI is InChI=1S/C19H24N2O/c1-14-9-11-16(12-10-14)19(2,3)18(22)21-13-17(20)15-7-5-4-6-8-15/h4-12,17H,13,20H2,1-3H3,(H,21,22). The van der Waals surface area contributed by atoms with Gasteiger partial charge in [-0.3, -0.25) is 4.79 Å². The first kappa shape index (κ1) is 16.2. The normalized spacial score (nSPS) is 12.7. The SMILES string of the molecule is Cc1ccc(C(C)(C)C(=O)NCC(N)c2ccccc2)cc1. The van der Waals surface area contributed by atoms with Crippen LogP contribution in [0.1, 0.15) is 36.6 Å². The van der Waals surface area contributed by atoms with E-state index in [2.05, 4.69) is 5.32 Å². The Kier molecular flexibility index (Phi) is 4.99. The second-order valence-electron chi connectivity index (χ2n) is 6.22. The zero-order valence-electron chi connectivity index (χ0n) is 13.5. The molecule has 0 aromatic heterocycles. The van der Waals surface area contributed by atoms with E-state index in [-0.39, 0.29) is 11.9 Å². The van der Waals surface area contributed by atoms with Crippen LogP contribution >= 0.6 is 0 Å². The molecule has 0 radical (unpaired) electrons. The van der Waals surface area contributed by atoms with Gasteiger partial charge in [-0.2, -0.15) is 0 Å². The summed E-state index contributed by atoms with van der Waals surface area (Å²) in [6.07, 6.45) is 0. The van der Waals surface area contributed by atoms with Crippen LogP contribution in [0.5, 0.6) is 0 Å². The third-order valence-electron chi connectivity index (χ3n) is 4.05. The van der Waals surface area contributed by atoms with E-state index < -0.39 is 5.41 Å². The maximum absolute atomic E-state index is 12.5. The second-order valence-corrected chi connectivity index (χ2v) is 6.22. The van der Waals surface area contributed by atoms with Crippen LogP contribution in [-0.2, 0) is 10.2 Å². The van der Waals surface area contributed by atoms with Gasteiger partial charge in [0.05, 0.1) is 5.41 Å². The molecule has 1 unspecified atom stereocenters. The largest absolute Gasteiger partial charge is 0.353 e. The highest BCUT2D eigenvalue weighted by Crippen LogP contribution is 2.24. The molecule has 0 fully saturated rings. The van der Waals surface area contributed by atoms with E-state index in [9.17, 15) is 4.79 Å². The number of nitrogens with two attached hydrogens (primary N) is 1. The van der Waals surface area contributed by atoms with Gasteiger partial charge in [-0.15, -0.1) is 0 Å². The van der Waals surface area contributed by atoms with Gasteiger partial charge in [0.15, 0.2) is 0 Å². The maximum Gasteiger partial charge on any atom is 0.230 e. The molecular formula is C19H24N2O. The molecule has 0 saturated carbocycles. The van der Waals surface area contributed by atoms with E-state index in [4.69, 9.17) is 5.73 Å². The second kappa shape index (κ2) is 6.75. The Balaban J connectivity index is 2.00. The van der Waals surface area contributed by atoms with Crippen LogP contribution in [-0.4, -0.2) is 12.5 Å². The first-order chi connectivity index (χ1) is 10.4. The summed E-state index contributed by atoms with van der Waals surface area (Å²) in [6.45, 7) is 6.33. The number of benzene rings is 2. The van der Waals surface area contributed by atoms with Crippen molar-refractivity contribution in [2.24, 2.45) is 5.73 Å². The van der Waals surface area contributed by atoms with Crippen LogP contribution in [0.3, 0.4) is 0 Å². The molecule has 3 N–H and O–H groups in total. The van der Waals surface area contributed by atoms with E-state index in [0.717, 1.165) is 11.1 Å². The van der Waals surface area contributed by atoms with Gasteiger partial charge in [0.1, 0.15) is 0 Å². The number of hydrogen-bond donors (Lipinski definition) is 2. The minimum atomic E-state index is -0.579. The van der Waals surface area contributed by atoms with Gasteiger partial charge in [0, 0.05) is 12.6 Å². The summed E-state index contributed by atoms with van der Waals surface area (Å²) >= 11 is 0. The molecule has 3 heteroatoms. The van der Waals surface area contributed by atoms with Gasteiger partial charge in [-0.1, -0.05) is 60.2 Å². The van der Waals surface area contributed by atoms with Crippen molar-refractivity contribution in [1.82, 2.24) is 5.32 Å². The lowest BCUT2D eigenvalue weighted by Crippen LogP contribution is -2.42. The number of amides is 1. The summed E-state index contributed by atoms with van der Waals surface area (Å²) in [5.74, 6) is -0.0114. The Hall–Kier alpha value is -2.13. The lowest BCUT2D eigenvalue weighted by molar-refractivity contribution is -0.125. The number of rotatable bonds is 5. The average Bonchev–Trinajstić information content (AvgIpc) is 2.53. The molecule has 3 nitrogen and oxygen atoms in total. The fourth-order valence-electron chi connectivity index (χ4n) is 2.34. The Morgan fingerprint density at radius 3 is 2.27 bits per heavy atom. The molecule has 0 aliphatic carbocycles. The fourth-order valence-corrected chi connectivity index (χ4v) is 2.34. The third-order valence-corrected chi connectivity index (χ3v) is 4.05. The monoisotopic (exact) mass is 296 g/mol. The molecular weight excluding hydrogens is 272 g/mol. The minimum absolute atomic E-state index is 0.0114. The van der Waals surface area contributed by atoms with Crippen molar-refractivity contribution in [2.45, 2.75) is 32.2 Å². The lowest BCUT2D eigenvalue weighted by Gasteiger charge is -2.25. The molecule has 0 aliphatic rings. The summed E-state index contributed by atoms with van der Waals surface area (Å²) in [7, 11) is 0. The smallest absolute Gasteiger partial charge is 0.230 e. The van der Waals surface area contributed by atoms with Crippen molar-refractivity contribution in [1.29, 1.82) is 0 Å². The molecule has 1 atom stereocenters. The minimum Gasteiger partial charge on any atom is -0.353 e. The summed E-state index contributed by atoms with van der Waals surface area (Å²) < 4.78 is 0. The number of nitrogens with one attached hydrogen (secondary N) is 1. The highest BCUT2D eigenvalue weighted by molar-refractivity contribution is 5.87. The van der Waals surface area contributed by atoms with Crippen molar-refractivity contribution in [2.75, 3.05) is 6.54 Å². The number of carbonyl (C=O) groups excluding carboxylic acids is 1. The summed E-state index contributed by atoms with van der Waals surface area (Å²) in [5.41, 5.74) is 8.76. The van der Waals surface area contributed by atoms with E-state index in [1.807, 2.05) is 75.4 Å². The van der Waals surface area contributed by atoms with Crippen LogP contribution in [0.25, 0.3) is 0 Å². The molecule has 0 aliphatic heterocycles. The molecule has 2 aromatic carbocycles. The van der Waals surface area contributed by atoms with Gasteiger partial charge in [0.25, 0.3) is 0 Å². The fraction of sp³-hybridized carbons (Fsp3) is 0.316. The average molecular weight is 296 g/mol. The first-order valence-electron chi connectivity index (χ1n) is 7.57. The van der Waals surface area contributed by atoms with Gasteiger partial charge >= 0.3 is 0 Å². The van der Waals surface area contributed by atoms with Crippen LogP contribution in [0.4, 0.5) is 0 Å². The molecule has 116 valence electrons. The quantitative estimate of drug-likeness (QED) is 0.891. The Morgan fingerprint density at radius 1 is 1.09 bits per heavy atom. The molecule has 2 rings (SSSR count). The highest BCUT2D eigenvalue weighted by atomic mass is 16.2. The molecule has 0 heterocycles. The molecule has 2 aromatic rings. The summed E-state index contributed by atoms with van der Waals surface area (Å²) in [4.78, 5) is 12.5. The van der Waals surface area contributed by atoms with Crippen molar-refractivity contribution < 1.29 is 4.79 Å². The van der Waals surface area contributed by atoms with Gasteiger partial charge in [-0.05, 0) is 31.9 Å². The van der Waals surface area contributed by atoms with Crippen LogP contribution in [0.2, 0.25) is 0 Å². The Labute approximate surface area is 132 Å². The van der Waals surface area contributed by atoms with Gasteiger partial charge in [-0.25, -0.2) is 0 Å². The van der Waals surface area contributed by atoms with Crippen molar-refractivity contribution in [3.63, 3.8) is 0 Å². The summed E-state index contributed by atoms with van der Waals surface area (Å²) in [5, 5.41) is 2.97. The number of aryl methyl sites for hydroxylation is 1. The zero-order chi connectivity index (χ0) is 16.2. The molecule has 0 bridgehead atoms. The van der Waals surface area contributed by atoms with E-state index in [1.54, 1.807) is 0 Å². The first-order valence-corrected chi connectivity index (χ1v) is 7.57. The molecule has 0 saturated heterocycles. The summed E-state index contributed by atoms with van der Waals surface area (Å²) in [6, 6.07) is 17.7. The molecule has 1 amide bonds. The van der Waals surface area contributed by atoms with Gasteiger partial charge in [0.2, 0.25) is 5.91 Å².